The summed E-state index contributed by atoms with van der Waals surface area (Å²) in [5.74, 6) is -0.00256. The van der Waals surface area contributed by atoms with Gasteiger partial charge in [0.1, 0.15) is 0 Å². The Morgan fingerprint density at radius 1 is 1.26 bits per heavy atom. The lowest BCUT2D eigenvalue weighted by Gasteiger charge is -2.29. The number of morpholine rings is 1. The molecule has 1 saturated heterocycles. The maximum Gasteiger partial charge on any atom is 0.303 e. The predicted molar refractivity (Wildman–Crippen MR) is 91.0 cm³/mol. The van der Waals surface area contributed by atoms with Crippen LogP contribution in [0.2, 0.25) is 0 Å². The molecule has 2 aliphatic rings. The van der Waals surface area contributed by atoms with Crippen LogP contribution in [-0.2, 0) is 9.53 Å². The van der Waals surface area contributed by atoms with Crippen LogP contribution < -0.4 is 4.90 Å². The third kappa shape index (κ3) is 5.82. The first-order valence-corrected chi connectivity index (χ1v) is 8.70. The molecule has 128 valence electrons. The summed E-state index contributed by atoms with van der Waals surface area (Å²) in [7, 11) is 0. The Labute approximate surface area is 138 Å². The maximum atomic E-state index is 9.37. The first kappa shape index (κ1) is 17.7. The standard InChI is InChI=1S/C15H22N2O.C3H6O2/c1-2-4-13(5-3-1)14-10-15(12-16-11-14)17-6-8-18-9-7-17;1-2-3(4)5/h10-13H,1-9H2;2H2,1H3,(H,4,5). The summed E-state index contributed by atoms with van der Waals surface area (Å²) in [4.78, 5) is 16.2. The lowest BCUT2D eigenvalue weighted by atomic mass is 9.85. The molecule has 5 nitrogen and oxygen atoms in total. The van der Waals surface area contributed by atoms with Gasteiger partial charge in [0, 0.05) is 25.7 Å². The average molecular weight is 320 g/mol. The molecule has 0 atom stereocenters. The molecule has 23 heavy (non-hydrogen) atoms. The van der Waals surface area contributed by atoms with E-state index in [9.17, 15) is 4.79 Å². The lowest BCUT2D eigenvalue weighted by Crippen LogP contribution is -2.36. The van der Waals surface area contributed by atoms with E-state index in [1.807, 2.05) is 6.20 Å². The van der Waals surface area contributed by atoms with Crippen LogP contribution in [0.1, 0.15) is 56.9 Å². The third-order valence-corrected chi connectivity index (χ3v) is 4.50. The number of hydrogen-bond donors (Lipinski definition) is 1. The van der Waals surface area contributed by atoms with Gasteiger partial charge in [-0.3, -0.25) is 9.78 Å². The van der Waals surface area contributed by atoms with Gasteiger partial charge in [0.15, 0.2) is 0 Å². The van der Waals surface area contributed by atoms with Gasteiger partial charge in [0.25, 0.3) is 0 Å². The Hall–Kier alpha value is -1.62. The van der Waals surface area contributed by atoms with E-state index >= 15 is 0 Å². The van der Waals surface area contributed by atoms with Crippen molar-refractivity contribution in [1.82, 2.24) is 4.98 Å². The number of anilines is 1. The quantitative estimate of drug-likeness (QED) is 0.924. The van der Waals surface area contributed by atoms with Gasteiger partial charge in [-0.2, -0.15) is 0 Å². The zero-order valence-corrected chi connectivity index (χ0v) is 14.0. The molecule has 0 amide bonds. The molecule has 0 bridgehead atoms. The number of aromatic nitrogens is 1. The molecule has 0 aromatic carbocycles. The van der Waals surface area contributed by atoms with Crippen LogP contribution in [0.15, 0.2) is 18.5 Å². The normalized spacial score (nSPS) is 18.9. The third-order valence-electron chi connectivity index (χ3n) is 4.50. The second-order valence-corrected chi connectivity index (χ2v) is 6.16. The van der Waals surface area contributed by atoms with E-state index in [0.29, 0.717) is 0 Å². The van der Waals surface area contributed by atoms with Crippen LogP contribution in [0.3, 0.4) is 0 Å². The minimum Gasteiger partial charge on any atom is -0.481 e. The SMILES string of the molecule is CCC(=O)O.c1ncc(N2CCOCC2)cc1C1CCCCC1. The summed E-state index contributed by atoms with van der Waals surface area (Å²) in [5, 5.41) is 7.72. The van der Waals surface area contributed by atoms with E-state index in [4.69, 9.17) is 9.84 Å². The van der Waals surface area contributed by atoms with Crippen LogP contribution in [0, 0.1) is 0 Å². The van der Waals surface area contributed by atoms with Crippen LogP contribution >= 0.6 is 0 Å². The molecular weight excluding hydrogens is 292 g/mol. The van der Waals surface area contributed by atoms with Crippen molar-refractivity contribution in [3.8, 4) is 0 Å². The van der Waals surface area contributed by atoms with Crippen molar-refractivity contribution in [2.75, 3.05) is 31.2 Å². The number of rotatable bonds is 3. The Morgan fingerprint density at radius 2 is 1.91 bits per heavy atom. The van der Waals surface area contributed by atoms with Crippen molar-refractivity contribution in [3.05, 3.63) is 24.0 Å². The lowest BCUT2D eigenvalue weighted by molar-refractivity contribution is -0.136. The molecule has 1 aliphatic heterocycles. The summed E-state index contributed by atoms with van der Waals surface area (Å²) >= 11 is 0. The number of hydrogen-bond acceptors (Lipinski definition) is 4. The first-order valence-electron chi connectivity index (χ1n) is 8.70. The fraction of sp³-hybridized carbons (Fsp3) is 0.667. The highest BCUT2D eigenvalue weighted by molar-refractivity contribution is 5.66. The molecule has 5 heteroatoms. The van der Waals surface area contributed by atoms with Crippen molar-refractivity contribution in [3.63, 3.8) is 0 Å². The number of carbonyl (C=O) groups is 1. The summed E-state index contributed by atoms with van der Waals surface area (Å²) in [5.41, 5.74) is 2.72. The zero-order chi connectivity index (χ0) is 16.5. The molecule has 0 spiro atoms. The van der Waals surface area contributed by atoms with E-state index in [1.165, 1.54) is 43.4 Å². The minimum atomic E-state index is -0.745. The second kappa shape index (κ2) is 9.50. The van der Waals surface area contributed by atoms with E-state index in [0.717, 1.165) is 32.2 Å². The van der Waals surface area contributed by atoms with Gasteiger partial charge in [-0.25, -0.2) is 0 Å². The van der Waals surface area contributed by atoms with Gasteiger partial charge in [-0.1, -0.05) is 26.2 Å². The van der Waals surface area contributed by atoms with Gasteiger partial charge in [-0.15, -0.1) is 0 Å². The summed E-state index contributed by atoms with van der Waals surface area (Å²) in [6.45, 7) is 5.27. The molecule has 1 saturated carbocycles. The minimum absolute atomic E-state index is 0.222. The van der Waals surface area contributed by atoms with Crippen molar-refractivity contribution in [2.24, 2.45) is 0 Å². The molecule has 2 fully saturated rings. The predicted octanol–water partition coefficient (Wildman–Crippen LogP) is 3.45. The molecule has 0 radical (unpaired) electrons. The molecule has 3 rings (SSSR count). The number of nitrogens with zero attached hydrogens (tertiary/aromatic N) is 2. The summed E-state index contributed by atoms with van der Waals surface area (Å²) in [6, 6.07) is 2.36. The van der Waals surface area contributed by atoms with E-state index < -0.39 is 5.97 Å². The van der Waals surface area contributed by atoms with Gasteiger partial charge >= 0.3 is 5.97 Å². The topological polar surface area (TPSA) is 62.7 Å². The van der Waals surface area contributed by atoms with Crippen LogP contribution in [0.25, 0.3) is 0 Å². The van der Waals surface area contributed by atoms with E-state index in [1.54, 1.807) is 6.92 Å². The maximum absolute atomic E-state index is 9.37. The van der Waals surface area contributed by atoms with Crippen LogP contribution in [0.5, 0.6) is 0 Å². The molecule has 2 heterocycles. The van der Waals surface area contributed by atoms with Crippen molar-refractivity contribution < 1.29 is 14.6 Å². The Kier molecular flexibility index (Phi) is 7.33. The van der Waals surface area contributed by atoms with Gasteiger partial charge in [0.05, 0.1) is 25.1 Å². The first-order chi connectivity index (χ1) is 11.2. The fourth-order valence-corrected chi connectivity index (χ4v) is 3.10. The molecule has 0 unspecified atom stereocenters. The summed E-state index contributed by atoms with van der Waals surface area (Å²) < 4.78 is 5.41. The number of carboxylic acid groups (broad SMARTS) is 1. The number of carboxylic acids is 1. The average Bonchev–Trinajstić information content (AvgIpc) is 2.64. The molecule has 1 N–H and O–H groups in total. The van der Waals surface area contributed by atoms with Gasteiger partial charge < -0.3 is 14.7 Å². The Balaban J connectivity index is 0.000000338. The number of pyridine rings is 1. The summed E-state index contributed by atoms with van der Waals surface area (Å²) in [6.07, 6.45) is 11.1. The Bertz CT molecular complexity index is 448. The van der Waals surface area contributed by atoms with Crippen LogP contribution in [-0.4, -0.2) is 42.4 Å². The van der Waals surface area contributed by atoms with Gasteiger partial charge in [-0.05, 0) is 30.4 Å². The zero-order valence-electron chi connectivity index (χ0n) is 14.0. The highest BCUT2D eigenvalue weighted by Gasteiger charge is 2.18. The van der Waals surface area contributed by atoms with Crippen molar-refractivity contribution >= 4 is 11.7 Å². The smallest absolute Gasteiger partial charge is 0.303 e. The van der Waals surface area contributed by atoms with Gasteiger partial charge in [0.2, 0.25) is 0 Å². The molecular formula is C18H28N2O3. The monoisotopic (exact) mass is 320 g/mol. The fourth-order valence-electron chi connectivity index (χ4n) is 3.10. The number of ether oxygens (including phenoxy) is 1. The second-order valence-electron chi connectivity index (χ2n) is 6.16. The molecule has 1 aromatic heterocycles. The van der Waals surface area contributed by atoms with E-state index in [-0.39, 0.29) is 6.42 Å². The van der Waals surface area contributed by atoms with Crippen molar-refractivity contribution in [2.45, 2.75) is 51.4 Å². The highest BCUT2D eigenvalue weighted by atomic mass is 16.5. The number of aliphatic carboxylic acids is 1. The molecule has 1 aromatic rings. The highest BCUT2D eigenvalue weighted by Crippen LogP contribution is 2.33. The van der Waals surface area contributed by atoms with Crippen molar-refractivity contribution in [1.29, 1.82) is 0 Å². The Morgan fingerprint density at radius 3 is 2.52 bits per heavy atom. The van der Waals surface area contributed by atoms with Crippen LogP contribution in [0.4, 0.5) is 5.69 Å². The van der Waals surface area contributed by atoms with E-state index in [2.05, 4.69) is 22.1 Å². The molecule has 1 aliphatic carbocycles. The largest absolute Gasteiger partial charge is 0.481 e.